The second-order valence-electron chi connectivity index (χ2n) is 5.08. The number of nitrogens with zero attached hydrogens (tertiary/aromatic N) is 4. The van der Waals surface area contributed by atoms with Gasteiger partial charge in [0.15, 0.2) is 5.69 Å². The van der Waals surface area contributed by atoms with Crippen molar-refractivity contribution in [2.45, 2.75) is 24.9 Å². The van der Waals surface area contributed by atoms with Crippen LogP contribution in [0.4, 0.5) is 13.2 Å². The third kappa shape index (κ3) is 2.96. The Morgan fingerprint density at radius 3 is 2.91 bits per heavy atom. The van der Waals surface area contributed by atoms with Crippen LogP contribution in [0.15, 0.2) is 12.3 Å². The zero-order chi connectivity index (χ0) is 15.7. The summed E-state index contributed by atoms with van der Waals surface area (Å²) in [7, 11) is 0. The first-order valence-corrected chi connectivity index (χ1v) is 7.41. The molecule has 1 amide bonds. The number of hydrogen-bond donors (Lipinski definition) is 1. The van der Waals surface area contributed by atoms with Gasteiger partial charge in [0.05, 0.1) is 6.20 Å². The van der Waals surface area contributed by atoms with Crippen LogP contribution in [0.25, 0.3) is 0 Å². The van der Waals surface area contributed by atoms with Crippen molar-refractivity contribution in [1.82, 2.24) is 24.7 Å². The monoisotopic (exact) mass is 331 g/mol. The average Bonchev–Trinajstić information content (AvgIpc) is 3.17. The molecule has 0 bridgehead atoms. The van der Waals surface area contributed by atoms with Crippen LogP contribution < -0.4 is 0 Å². The number of amides is 1. The molecule has 118 valence electrons. The first kappa shape index (κ1) is 14.9. The molecule has 10 heteroatoms. The van der Waals surface area contributed by atoms with E-state index in [4.69, 9.17) is 0 Å². The summed E-state index contributed by atoms with van der Waals surface area (Å²) in [5.74, 6) is -0.363. The molecule has 1 atom stereocenters. The molecule has 2 aromatic heterocycles. The molecular weight excluding hydrogens is 319 g/mol. The lowest BCUT2D eigenvalue weighted by atomic mass is 9.94. The van der Waals surface area contributed by atoms with E-state index in [2.05, 4.69) is 19.8 Å². The van der Waals surface area contributed by atoms with Crippen LogP contribution in [0.3, 0.4) is 0 Å². The van der Waals surface area contributed by atoms with E-state index in [1.54, 1.807) is 4.90 Å². The molecule has 1 aliphatic rings. The minimum Gasteiger partial charge on any atom is -0.337 e. The summed E-state index contributed by atoms with van der Waals surface area (Å²) in [6.07, 6.45) is -1.63. The van der Waals surface area contributed by atoms with Crippen LogP contribution in [0.1, 0.15) is 39.8 Å². The Bertz CT molecular complexity index is 654. The number of alkyl halides is 3. The van der Waals surface area contributed by atoms with Crippen molar-refractivity contribution in [3.63, 3.8) is 0 Å². The number of piperidine rings is 1. The second-order valence-corrected chi connectivity index (χ2v) is 5.86. The Morgan fingerprint density at radius 2 is 2.27 bits per heavy atom. The topological polar surface area (TPSA) is 74.8 Å². The highest BCUT2D eigenvalue weighted by atomic mass is 32.1. The minimum atomic E-state index is -4.47. The van der Waals surface area contributed by atoms with Gasteiger partial charge in [-0.15, -0.1) is 5.10 Å². The van der Waals surface area contributed by atoms with Gasteiger partial charge < -0.3 is 4.90 Å². The highest BCUT2D eigenvalue weighted by Gasteiger charge is 2.35. The lowest BCUT2D eigenvalue weighted by Crippen LogP contribution is -2.38. The first-order valence-electron chi connectivity index (χ1n) is 6.64. The second kappa shape index (κ2) is 5.67. The van der Waals surface area contributed by atoms with Crippen molar-refractivity contribution in [2.75, 3.05) is 13.1 Å². The molecule has 2 aromatic rings. The third-order valence-electron chi connectivity index (χ3n) is 3.61. The van der Waals surface area contributed by atoms with Crippen LogP contribution in [-0.4, -0.2) is 43.7 Å². The number of halogens is 3. The smallest absolute Gasteiger partial charge is 0.337 e. The van der Waals surface area contributed by atoms with Crippen LogP contribution in [0, 0.1) is 0 Å². The molecule has 1 unspecified atom stereocenters. The summed E-state index contributed by atoms with van der Waals surface area (Å²) < 4.78 is 41.4. The third-order valence-corrected chi connectivity index (χ3v) is 4.26. The molecule has 3 heterocycles. The molecule has 0 saturated carbocycles. The summed E-state index contributed by atoms with van der Waals surface area (Å²) in [6.45, 7) is 0.934. The maximum absolute atomic E-state index is 12.6. The highest BCUT2D eigenvalue weighted by Crippen LogP contribution is 2.32. The minimum absolute atomic E-state index is 0.179. The van der Waals surface area contributed by atoms with Crippen LogP contribution in [0.2, 0.25) is 0 Å². The molecule has 0 aromatic carbocycles. The number of hydrogen-bond acceptors (Lipinski definition) is 5. The van der Waals surface area contributed by atoms with E-state index in [1.807, 2.05) is 0 Å². The van der Waals surface area contributed by atoms with Crippen molar-refractivity contribution < 1.29 is 18.0 Å². The summed E-state index contributed by atoms with van der Waals surface area (Å²) >= 11 is 1.01. The average molecular weight is 331 g/mol. The molecular formula is C12H12F3N5OS. The van der Waals surface area contributed by atoms with Gasteiger partial charge in [0.25, 0.3) is 5.91 Å². The van der Waals surface area contributed by atoms with Crippen molar-refractivity contribution in [2.24, 2.45) is 0 Å². The molecule has 0 spiro atoms. The molecule has 0 radical (unpaired) electrons. The normalized spacial score (nSPS) is 19.4. The fraction of sp³-hybridized carbons (Fsp3) is 0.500. The maximum atomic E-state index is 12.6. The largest absolute Gasteiger partial charge is 0.435 e. The molecule has 6 nitrogen and oxygen atoms in total. The standard InChI is InChI=1S/C12H12F3N5OS/c13-12(14,15)10-4-8(17-18-10)7-2-1-3-20(6-7)11(21)9-5-16-19-22-9/h4-5,7H,1-3,6H2,(H,17,18). The van der Waals surface area contributed by atoms with Crippen molar-refractivity contribution >= 4 is 17.4 Å². The summed E-state index contributed by atoms with van der Waals surface area (Å²) in [6, 6.07) is 1.02. The maximum Gasteiger partial charge on any atom is 0.435 e. The van der Waals surface area contributed by atoms with Gasteiger partial charge >= 0.3 is 6.18 Å². The Hall–Kier alpha value is -1.97. The highest BCUT2D eigenvalue weighted by molar-refractivity contribution is 7.07. The summed E-state index contributed by atoms with van der Waals surface area (Å²) in [4.78, 5) is 14.3. The van der Waals surface area contributed by atoms with Gasteiger partial charge in [0.1, 0.15) is 4.88 Å². The predicted molar refractivity (Wildman–Crippen MR) is 71.4 cm³/mol. The van der Waals surface area contributed by atoms with Crippen molar-refractivity contribution in [1.29, 1.82) is 0 Å². The van der Waals surface area contributed by atoms with Gasteiger partial charge in [-0.1, -0.05) is 4.49 Å². The molecule has 1 saturated heterocycles. The van der Waals surface area contributed by atoms with Gasteiger partial charge in [0.2, 0.25) is 0 Å². The molecule has 1 fully saturated rings. The number of nitrogens with one attached hydrogen (secondary N) is 1. The predicted octanol–water partition coefficient (Wildman–Crippen LogP) is 2.30. The van der Waals surface area contributed by atoms with Gasteiger partial charge in [-0.05, 0) is 30.4 Å². The Kier molecular flexibility index (Phi) is 3.85. The van der Waals surface area contributed by atoms with E-state index < -0.39 is 11.9 Å². The van der Waals surface area contributed by atoms with Gasteiger partial charge in [-0.25, -0.2) is 0 Å². The lowest BCUT2D eigenvalue weighted by molar-refractivity contribution is -0.141. The van der Waals surface area contributed by atoms with Crippen molar-refractivity contribution in [3.05, 3.63) is 28.5 Å². The number of carbonyl (C=O) groups excluding carboxylic acids is 1. The van der Waals surface area contributed by atoms with E-state index in [0.29, 0.717) is 30.1 Å². The number of carbonyl (C=O) groups is 1. The lowest BCUT2D eigenvalue weighted by Gasteiger charge is -2.31. The van der Waals surface area contributed by atoms with Crippen LogP contribution >= 0.6 is 11.5 Å². The van der Waals surface area contributed by atoms with Gasteiger partial charge in [-0.3, -0.25) is 9.89 Å². The van der Waals surface area contributed by atoms with E-state index >= 15 is 0 Å². The van der Waals surface area contributed by atoms with Crippen molar-refractivity contribution in [3.8, 4) is 0 Å². The van der Waals surface area contributed by atoms with E-state index in [0.717, 1.165) is 24.0 Å². The number of rotatable bonds is 2. The molecule has 0 aliphatic carbocycles. The quantitative estimate of drug-likeness (QED) is 0.916. The van der Waals surface area contributed by atoms with Crippen LogP contribution in [-0.2, 0) is 6.18 Å². The van der Waals surface area contributed by atoms with E-state index in [-0.39, 0.29) is 11.8 Å². The van der Waals surface area contributed by atoms with E-state index in [9.17, 15) is 18.0 Å². The number of aromatic nitrogens is 4. The SMILES string of the molecule is O=C(c1cnns1)N1CCCC(c2cc(C(F)(F)F)n[nH]2)C1. The van der Waals surface area contributed by atoms with Crippen LogP contribution in [0.5, 0.6) is 0 Å². The Labute approximate surface area is 127 Å². The fourth-order valence-electron chi connectivity index (χ4n) is 2.52. The number of likely N-dealkylation sites (tertiary alicyclic amines) is 1. The molecule has 1 N–H and O–H groups in total. The first-order chi connectivity index (χ1) is 10.4. The van der Waals surface area contributed by atoms with E-state index in [1.165, 1.54) is 6.20 Å². The fourth-order valence-corrected chi connectivity index (χ4v) is 3.01. The Balaban J connectivity index is 1.73. The Morgan fingerprint density at radius 1 is 1.45 bits per heavy atom. The van der Waals surface area contributed by atoms with Gasteiger partial charge in [-0.2, -0.15) is 18.3 Å². The van der Waals surface area contributed by atoms with Gasteiger partial charge in [0, 0.05) is 24.7 Å². The zero-order valence-electron chi connectivity index (χ0n) is 11.3. The molecule has 3 rings (SSSR count). The number of H-pyrrole nitrogens is 1. The zero-order valence-corrected chi connectivity index (χ0v) is 12.1. The summed E-state index contributed by atoms with van der Waals surface area (Å²) in [5, 5.41) is 9.38. The molecule has 1 aliphatic heterocycles. The molecule has 22 heavy (non-hydrogen) atoms. The summed E-state index contributed by atoms with van der Waals surface area (Å²) in [5.41, 5.74) is -0.523. The number of aromatic amines is 1.